The second-order valence-corrected chi connectivity index (χ2v) is 15.4. The van der Waals surface area contributed by atoms with E-state index in [2.05, 4.69) is 121 Å². The highest BCUT2D eigenvalue weighted by molar-refractivity contribution is 6.07. The van der Waals surface area contributed by atoms with Crippen LogP contribution in [-0.2, 0) is 12.4 Å². The lowest BCUT2D eigenvalue weighted by molar-refractivity contribution is -0.138. The number of halogens is 6. The first-order valence-electron chi connectivity index (χ1n) is 19.8. The molecule has 10 aromatic carbocycles. The van der Waals surface area contributed by atoms with E-state index in [1.54, 1.807) is 0 Å². The molecular formula is C56H30F6. The quantitative estimate of drug-likeness (QED) is 0.0706. The van der Waals surface area contributed by atoms with Gasteiger partial charge in [-0.1, -0.05) is 72.2 Å². The third-order valence-electron chi connectivity index (χ3n) is 11.1. The summed E-state index contributed by atoms with van der Waals surface area (Å²) in [7, 11) is 0. The molecule has 0 radical (unpaired) electrons. The monoisotopic (exact) mass is 816 g/mol. The zero-order valence-electron chi connectivity index (χ0n) is 32.6. The zero-order valence-corrected chi connectivity index (χ0v) is 32.6. The van der Waals surface area contributed by atoms with Crippen LogP contribution in [-0.4, -0.2) is 0 Å². The van der Waals surface area contributed by atoms with Crippen LogP contribution in [0.1, 0.15) is 44.5 Å². The molecule has 0 saturated carbocycles. The lowest BCUT2D eigenvalue weighted by atomic mass is 9.97. The van der Waals surface area contributed by atoms with Crippen LogP contribution >= 0.6 is 0 Å². The molecule has 0 fully saturated rings. The SMILES string of the molecule is FC(F)(F)c1ccc(C#Cc2ccc3cc4cc5cc(C=Cc6ccc7cc8cc9cc(C#Cc%10ccc(C(F)(F)F)cc%10)ccc9cc8cc7c6)ccc5cc4cc3c2)cc1. The van der Waals surface area contributed by atoms with Gasteiger partial charge in [-0.2, -0.15) is 26.3 Å². The van der Waals surface area contributed by atoms with E-state index in [4.69, 9.17) is 0 Å². The van der Waals surface area contributed by atoms with Gasteiger partial charge in [0.15, 0.2) is 0 Å². The number of hydrogen-bond acceptors (Lipinski definition) is 0. The predicted octanol–water partition coefficient (Wildman–Crippen LogP) is 15.6. The summed E-state index contributed by atoms with van der Waals surface area (Å²) in [4.78, 5) is 0. The van der Waals surface area contributed by atoms with E-state index in [0.29, 0.717) is 11.1 Å². The summed E-state index contributed by atoms with van der Waals surface area (Å²) in [5, 5.41) is 13.2. The minimum Gasteiger partial charge on any atom is -0.166 e. The Morgan fingerprint density at radius 2 is 0.516 bits per heavy atom. The van der Waals surface area contributed by atoms with E-state index in [1.807, 2.05) is 36.4 Å². The lowest BCUT2D eigenvalue weighted by Gasteiger charge is -2.07. The van der Waals surface area contributed by atoms with Gasteiger partial charge in [-0.25, -0.2) is 0 Å². The summed E-state index contributed by atoms with van der Waals surface area (Å²) in [6.45, 7) is 0. The Morgan fingerprint density at radius 1 is 0.258 bits per heavy atom. The molecule has 296 valence electrons. The van der Waals surface area contributed by atoms with Gasteiger partial charge in [-0.3, -0.25) is 0 Å². The first-order chi connectivity index (χ1) is 29.9. The molecule has 6 heteroatoms. The minimum absolute atomic E-state index is 0.519. The fraction of sp³-hybridized carbons (Fsp3) is 0.0357. The Kier molecular flexibility index (Phi) is 9.31. The van der Waals surface area contributed by atoms with E-state index in [1.165, 1.54) is 24.3 Å². The van der Waals surface area contributed by atoms with Gasteiger partial charge in [0.2, 0.25) is 0 Å². The number of rotatable bonds is 2. The molecule has 0 N–H and O–H groups in total. The van der Waals surface area contributed by atoms with Crippen molar-refractivity contribution in [1.29, 1.82) is 0 Å². The maximum Gasteiger partial charge on any atom is 0.416 e. The van der Waals surface area contributed by atoms with Crippen molar-refractivity contribution >= 4 is 76.8 Å². The van der Waals surface area contributed by atoms with Gasteiger partial charge in [0.05, 0.1) is 11.1 Å². The second kappa shape index (κ2) is 15.0. The smallest absolute Gasteiger partial charge is 0.166 e. The van der Waals surface area contributed by atoms with Gasteiger partial charge < -0.3 is 0 Å². The molecule has 0 aromatic heterocycles. The Morgan fingerprint density at radius 3 is 0.855 bits per heavy atom. The van der Waals surface area contributed by atoms with Crippen LogP contribution in [0.25, 0.3) is 76.8 Å². The molecule has 62 heavy (non-hydrogen) atoms. The first-order valence-corrected chi connectivity index (χ1v) is 19.8. The largest absolute Gasteiger partial charge is 0.416 e. The van der Waals surface area contributed by atoms with Gasteiger partial charge >= 0.3 is 12.4 Å². The normalized spacial score (nSPS) is 12.0. The molecule has 10 rings (SSSR count). The fourth-order valence-corrected chi connectivity index (χ4v) is 7.86. The molecule has 0 aliphatic heterocycles. The third kappa shape index (κ3) is 7.95. The maximum absolute atomic E-state index is 12.9. The van der Waals surface area contributed by atoms with Crippen LogP contribution in [0, 0.1) is 23.7 Å². The standard InChI is InChI=1S/C56H30F6/c57-55(58,59)53-19-11-35(12-20-53)1-3-37-7-15-41-27-51-33-47-25-39(9-17-43(47)29-49(51)31-45(41)23-37)5-6-40-10-18-44-30-50-32-46-24-38(8-16-42(46)28-52(50)34-48(44)26-40)4-2-36-13-21-54(22-14-36)56(60,61)62/h5-34H. The van der Waals surface area contributed by atoms with Crippen molar-refractivity contribution in [1.82, 2.24) is 0 Å². The number of hydrogen-bond donors (Lipinski definition) is 0. The zero-order chi connectivity index (χ0) is 42.6. The van der Waals surface area contributed by atoms with Gasteiger partial charge in [0.25, 0.3) is 0 Å². The van der Waals surface area contributed by atoms with Gasteiger partial charge in [0, 0.05) is 22.3 Å². The third-order valence-corrected chi connectivity index (χ3v) is 11.1. The molecule has 0 nitrogen and oxygen atoms in total. The molecule has 0 amide bonds. The highest BCUT2D eigenvalue weighted by atomic mass is 19.4. The summed E-state index contributed by atoms with van der Waals surface area (Å²) in [6, 6.07) is 52.0. The molecule has 0 saturated heterocycles. The molecule has 0 heterocycles. The number of fused-ring (bicyclic) bond motifs is 6. The Hall–Kier alpha value is -7.80. The number of benzene rings is 10. The van der Waals surface area contributed by atoms with Crippen molar-refractivity contribution in [2.75, 3.05) is 0 Å². The van der Waals surface area contributed by atoms with Crippen LogP contribution in [0.3, 0.4) is 0 Å². The number of alkyl halides is 6. The van der Waals surface area contributed by atoms with Crippen molar-refractivity contribution in [3.05, 3.63) is 214 Å². The van der Waals surface area contributed by atoms with E-state index < -0.39 is 23.5 Å². The average molecular weight is 817 g/mol. The van der Waals surface area contributed by atoms with E-state index >= 15 is 0 Å². The summed E-state index contributed by atoms with van der Waals surface area (Å²) in [6.07, 6.45) is -4.50. The Labute approximate surface area is 352 Å². The first kappa shape index (κ1) is 38.4. The van der Waals surface area contributed by atoms with E-state index in [9.17, 15) is 26.3 Å². The fourth-order valence-electron chi connectivity index (χ4n) is 7.86. The van der Waals surface area contributed by atoms with Crippen molar-refractivity contribution in [2.45, 2.75) is 12.4 Å². The summed E-state index contributed by atoms with van der Waals surface area (Å²) < 4.78 is 77.6. The van der Waals surface area contributed by atoms with Gasteiger partial charge in [-0.15, -0.1) is 0 Å². The summed E-state index contributed by atoms with van der Waals surface area (Å²) in [5.74, 6) is 12.1. The van der Waals surface area contributed by atoms with E-state index in [-0.39, 0.29) is 0 Å². The average Bonchev–Trinajstić information content (AvgIpc) is 3.26. The molecule has 0 atom stereocenters. The van der Waals surface area contributed by atoms with Gasteiger partial charge in [-0.05, 0) is 209 Å². The lowest BCUT2D eigenvalue weighted by Crippen LogP contribution is -2.04. The second-order valence-electron chi connectivity index (χ2n) is 15.4. The minimum atomic E-state index is -4.38. The van der Waals surface area contributed by atoms with Crippen molar-refractivity contribution in [3.63, 3.8) is 0 Å². The molecule has 0 unspecified atom stereocenters. The summed E-state index contributed by atoms with van der Waals surface area (Å²) >= 11 is 0. The highest BCUT2D eigenvalue weighted by Gasteiger charge is 2.30. The van der Waals surface area contributed by atoms with E-state index in [0.717, 1.165) is 111 Å². The summed E-state index contributed by atoms with van der Waals surface area (Å²) in [5.41, 5.74) is 3.39. The van der Waals surface area contributed by atoms with Crippen LogP contribution in [0.15, 0.2) is 170 Å². The maximum atomic E-state index is 12.9. The van der Waals surface area contributed by atoms with Gasteiger partial charge in [0.1, 0.15) is 0 Å². The van der Waals surface area contributed by atoms with Crippen LogP contribution in [0.4, 0.5) is 26.3 Å². The molecule has 0 aliphatic carbocycles. The predicted molar refractivity (Wildman–Crippen MR) is 242 cm³/mol. The molecule has 0 aliphatic rings. The van der Waals surface area contributed by atoms with Crippen LogP contribution < -0.4 is 0 Å². The van der Waals surface area contributed by atoms with Crippen molar-refractivity contribution in [3.8, 4) is 23.7 Å². The Balaban J connectivity index is 0.869. The molecule has 0 spiro atoms. The van der Waals surface area contributed by atoms with Crippen molar-refractivity contribution in [2.24, 2.45) is 0 Å². The molecule has 10 aromatic rings. The molecule has 0 bridgehead atoms. The van der Waals surface area contributed by atoms with Crippen LogP contribution in [0.5, 0.6) is 0 Å². The highest BCUT2D eigenvalue weighted by Crippen LogP contribution is 2.33. The Bertz CT molecular complexity index is 3350. The molecular weight excluding hydrogens is 787 g/mol. The topological polar surface area (TPSA) is 0 Å². The van der Waals surface area contributed by atoms with Crippen molar-refractivity contribution < 1.29 is 26.3 Å². The van der Waals surface area contributed by atoms with Crippen LogP contribution in [0.2, 0.25) is 0 Å².